The zero-order chi connectivity index (χ0) is 36.5. The van der Waals surface area contributed by atoms with Gasteiger partial charge >= 0.3 is 0 Å². The van der Waals surface area contributed by atoms with Crippen molar-refractivity contribution in [1.82, 2.24) is 4.90 Å². The standard InChI is InChI=1S/C20H23FN4O.C20H20FN3O2/c1-25(2)11-5-10-22-19-9-8-14(12-17(19)21)23-13-16-15-6-3-4-7-18(15)24-20(16)26;21-17-11-14(5-6-19(17)23-13-7-9-26-10-8-13)22-12-16-15-3-1-2-4-18(15)24-20(16)25/h3-4,6-9,12-13,22-23H,5,10-11H2,1-2H3,(H,24,26);1-6,11-13,22-23H,7-10H2,(H,24,25). The molecule has 4 aromatic rings. The molecule has 3 heterocycles. The van der Waals surface area contributed by atoms with Crippen molar-refractivity contribution in [2.45, 2.75) is 25.3 Å². The van der Waals surface area contributed by atoms with E-state index in [1.54, 1.807) is 36.7 Å². The third-order valence-corrected chi connectivity index (χ3v) is 8.80. The lowest BCUT2D eigenvalue weighted by Crippen LogP contribution is -2.28. The normalized spacial score (nSPS) is 16.5. The molecule has 4 aromatic carbocycles. The lowest BCUT2D eigenvalue weighted by molar-refractivity contribution is -0.111. The van der Waals surface area contributed by atoms with Gasteiger partial charge in [0.25, 0.3) is 11.8 Å². The Morgan fingerprint density at radius 1 is 0.750 bits per heavy atom. The van der Waals surface area contributed by atoms with Gasteiger partial charge in [-0.2, -0.15) is 0 Å². The van der Waals surface area contributed by atoms with Crippen molar-refractivity contribution in [3.8, 4) is 0 Å². The zero-order valence-electron chi connectivity index (χ0n) is 29.2. The molecule has 1 saturated heterocycles. The first-order chi connectivity index (χ1) is 25.2. The van der Waals surface area contributed by atoms with Gasteiger partial charge in [0.2, 0.25) is 0 Å². The summed E-state index contributed by atoms with van der Waals surface area (Å²) in [5.41, 5.74) is 6.45. The Hall–Kier alpha value is -5.72. The predicted octanol–water partition coefficient (Wildman–Crippen LogP) is 7.42. The number of rotatable bonds is 11. The zero-order valence-corrected chi connectivity index (χ0v) is 29.2. The Labute approximate surface area is 302 Å². The second kappa shape index (κ2) is 17.0. The average molecular weight is 708 g/mol. The number of nitrogens with zero attached hydrogens (tertiary/aromatic N) is 1. The molecule has 0 aromatic heterocycles. The third-order valence-electron chi connectivity index (χ3n) is 8.80. The van der Waals surface area contributed by atoms with Crippen molar-refractivity contribution in [2.24, 2.45) is 0 Å². The molecule has 0 aliphatic carbocycles. The molecular formula is C40H43F2N7O3. The van der Waals surface area contributed by atoms with E-state index in [0.717, 1.165) is 48.3 Å². The van der Waals surface area contributed by atoms with E-state index in [0.29, 0.717) is 53.7 Å². The maximum Gasteiger partial charge on any atom is 0.257 e. The summed E-state index contributed by atoms with van der Waals surface area (Å²) in [5.74, 6) is -0.985. The molecule has 3 aliphatic heterocycles. The van der Waals surface area contributed by atoms with Crippen LogP contribution in [0.4, 0.5) is 42.9 Å². The molecule has 2 amide bonds. The van der Waals surface area contributed by atoms with Crippen LogP contribution in [-0.4, -0.2) is 63.2 Å². The molecule has 0 unspecified atom stereocenters. The molecule has 3 aliphatic rings. The molecular weight excluding hydrogens is 664 g/mol. The first-order valence-corrected chi connectivity index (χ1v) is 17.3. The van der Waals surface area contributed by atoms with E-state index in [-0.39, 0.29) is 29.5 Å². The second-order valence-electron chi connectivity index (χ2n) is 12.9. The fourth-order valence-electron chi connectivity index (χ4n) is 6.03. The Morgan fingerprint density at radius 3 is 1.79 bits per heavy atom. The molecule has 1 fully saturated rings. The van der Waals surface area contributed by atoms with Gasteiger partial charge in [0.05, 0.1) is 22.5 Å². The van der Waals surface area contributed by atoms with Crippen molar-refractivity contribution < 1.29 is 23.1 Å². The van der Waals surface area contributed by atoms with Gasteiger partial charge in [-0.15, -0.1) is 0 Å². The fraction of sp³-hybridized carbons (Fsp3) is 0.250. The van der Waals surface area contributed by atoms with Crippen LogP contribution in [0.15, 0.2) is 97.3 Å². The number of carbonyl (C=O) groups excluding carboxylic acids is 2. The lowest BCUT2D eigenvalue weighted by Gasteiger charge is -2.24. The summed E-state index contributed by atoms with van der Waals surface area (Å²) in [4.78, 5) is 26.2. The number of anilines is 6. The number of hydrogen-bond acceptors (Lipinski definition) is 8. The number of fused-ring (bicyclic) bond motifs is 2. The third kappa shape index (κ3) is 9.14. The molecule has 6 N–H and O–H groups in total. The quantitative estimate of drug-likeness (QED) is 0.0705. The van der Waals surface area contributed by atoms with Crippen LogP contribution in [0.5, 0.6) is 0 Å². The summed E-state index contributed by atoms with van der Waals surface area (Å²) in [5, 5.41) is 18.0. The summed E-state index contributed by atoms with van der Waals surface area (Å²) in [6.45, 7) is 3.07. The number of hydrogen-bond donors (Lipinski definition) is 6. The van der Waals surface area contributed by atoms with Crippen molar-refractivity contribution >= 4 is 57.1 Å². The number of para-hydroxylation sites is 2. The Morgan fingerprint density at radius 2 is 1.27 bits per heavy atom. The molecule has 0 spiro atoms. The minimum atomic E-state index is -0.325. The molecule has 0 saturated carbocycles. The number of carbonyl (C=O) groups is 2. The van der Waals surface area contributed by atoms with Gasteiger partial charge < -0.3 is 41.5 Å². The maximum atomic E-state index is 14.4. The summed E-state index contributed by atoms with van der Waals surface area (Å²) in [6.07, 6.45) is 5.91. The second-order valence-corrected chi connectivity index (χ2v) is 12.9. The molecule has 10 nitrogen and oxygen atoms in total. The van der Waals surface area contributed by atoms with Crippen LogP contribution in [0.2, 0.25) is 0 Å². The van der Waals surface area contributed by atoms with Crippen LogP contribution in [-0.2, 0) is 14.3 Å². The Balaban J connectivity index is 0.000000179. The monoisotopic (exact) mass is 707 g/mol. The Bertz CT molecular complexity index is 1970. The molecule has 0 radical (unpaired) electrons. The molecule has 52 heavy (non-hydrogen) atoms. The average Bonchev–Trinajstić information content (AvgIpc) is 3.64. The van der Waals surface area contributed by atoms with Crippen molar-refractivity contribution in [1.29, 1.82) is 0 Å². The smallest absolute Gasteiger partial charge is 0.257 e. The van der Waals surface area contributed by atoms with E-state index in [1.165, 1.54) is 12.1 Å². The maximum absolute atomic E-state index is 14.4. The fourth-order valence-corrected chi connectivity index (χ4v) is 6.03. The van der Waals surface area contributed by atoms with Crippen molar-refractivity contribution in [2.75, 3.05) is 72.3 Å². The highest BCUT2D eigenvalue weighted by Crippen LogP contribution is 2.33. The lowest BCUT2D eigenvalue weighted by atomic mass is 10.1. The molecule has 0 bridgehead atoms. The number of benzene rings is 4. The SMILES string of the molecule is CN(C)CCCNc1ccc(NC=C2C(=O)Nc3ccccc32)cc1F.O=C1Nc2ccccc2C1=CNc1ccc(NC2CCOCC2)c(F)c1. The van der Waals surface area contributed by atoms with Gasteiger partial charge in [0.1, 0.15) is 11.6 Å². The summed E-state index contributed by atoms with van der Waals surface area (Å²) < 4.78 is 33.9. The van der Waals surface area contributed by atoms with Gasteiger partial charge in [-0.05, 0) is 88.4 Å². The predicted molar refractivity (Wildman–Crippen MR) is 205 cm³/mol. The van der Waals surface area contributed by atoms with Gasteiger partial charge in [-0.25, -0.2) is 8.78 Å². The highest BCUT2D eigenvalue weighted by Gasteiger charge is 2.24. The Kier molecular flexibility index (Phi) is 11.8. The molecule has 12 heteroatoms. The van der Waals surface area contributed by atoms with E-state index in [9.17, 15) is 18.4 Å². The summed E-state index contributed by atoms with van der Waals surface area (Å²) in [7, 11) is 4.02. The molecule has 0 atom stereocenters. The highest BCUT2D eigenvalue weighted by atomic mass is 19.1. The van der Waals surface area contributed by atoms with Gasteiger partial charge in [-0.1, -0.05) is 36.4 Å². The highest BCUT2D eigenvalue weighted by molar-refractivity contribution is 6.32. The van der Waals surface area contributed by atoms with E-state index < -0.39 is 0 Å². The largest absolute Gasteiger partial charge is 0.383 e. The summed E-state index contributed by atoms with van der Waals surface area (Å²) in [6, 6.07) is 25.0. The minimum absolute atomic E-state index is 0.168. The number of halogens is 2. The van der Waals surface area contributed by atoms with Crippen molar-refractivity contribution in [3.63, 3.8) is 0 Å². The minimum Gasteiger partial charge on any atom is -0.383 e. The van der Waals surface area contributed by atoms with Gasteiger partial charge in [0, 0.05) is 72.1 Å². The van der Waals surface area contributed by atoms with Crippen LogP contribution in [0.1, 0.15) is 30.4 Å². The van der Waals surface area contributed by atoms with E-state index >= 15 is 0 Å². The van der Waals surface area contributed by atoms with Crippen LogP contribution in [0.25, 0.3) is 11.1 Å². The number of amides is 2. The van der Waals surface area contributed by atoms with E-state index in [4.69, 9.17) is 4.74 Å². The number of nitrogens with one attached hydrogen (secondary N) is 6. The first kappa shape index (κ1) is 36.1. The molecule has 270 valence electrons. The van der Waals surface area contributed by atoms with E-state index in [1.807, 2.05) is 62.6 Å². The van der Waals surface area contributed by atoms with E-state index in [2.05, 4.69) is 36.8 Å². The first-order valence-electron chi connectivity index (χ1n) is 17.3. The van der Waals surface area contributed by atoms with Crippen LogP contribution in [0.3, 0.4) is 0 Å². The van der Waals surface area contributed by atoms with Crippen LogP contribution >= 0.6 is 0 Å². The topological polar surface area (TPSA) is 119 Å². The molecule has 7 rings (SSSR count). The number of ether oxygens (including phenoxy) is 1. The van der Waals surface area contributed by atoms with Gasteiger partial charge in [0.15, 0.2) is 0 Å². The van der Waals surface area contributed by atoms with Crippen molar-refractivity contribution in [3.05, 3.63) is 120 Å². The summed E-state index contributed by atoms with van der Waals surface area (Å²) >= 11 is 0. The van der Waals surface area contributed by atoms with Gasteiger partial charge in [-0.3, -0.25) is 9.59 Å². The van der Waals surface area contributed by atoms with Crippen LogP contribution < -0.4 is 31.9 Å². The van der Waals surface area contributed by atoms with Crippen LogP contribution in [0, 0.1) is 11.6 Å².